The molecule has 0 saturated carbocycles. The maximum Gasteiger partial charge on any atom is 2.00 e. The van der Waals surface area contributed by atoms with Crippen LogP contribution in [0, 0.1) is 12.1 Å². The molecule has 3 nitrogen and oxygen atoms in total. The van der Waals surface area contributed by atoms with E-state index in [1.807, 2.05) is 48.8 Å². The zero-order chi connectivity index (χ0) is 21.6. The minimum absolute atomic E-state index is 0. The Hall–Kier alpha value is -2.77. The summed E-state index contributed by atoms with van der Waals surface area (Å²) in [6, 6.07) is 27.5. The van der Waals surface area contributed by atoms with Gasteiger partial charge in [-0.1, -0.05) is 39.8 Å². The maximum absolute atomic E-state index is 6.11. The van der Waals surface area contributed by atoms with Crippen molar-refractivity contribution in [2.24, 2.45) is 0 Å². The Morgan fingerprint density at radius 2 is 1.06 bits per heavy atom. The van der Waals surface area contributed by atoms with Gasteiger partial charge >= 0.3 is 21.1 Å². The molecular formula is C28H24N2OPt. The molecule has 2 aromatic carbocycles. The Morgan fingerprint density at radius 1 is 0.625 bits per heavy atom. The van der Waals surface area contributed by atoms with Gasteiger partial charge in [-0.05, 0) is 35.4 Å². The predicted octanol–water partition coefficient (Wildman–Crippen LogP) is 6.63. The summed E-state index contributed by atoms with van der Waals surface area (Å²) in [4.78, 5) is 9.16. The summed E-state index contributed by atoms with van der Waals surface area (Å²) in [6.07, 6.45) is 3.67. The van der Waals surface area contributed by atoms with Crippen molar-refractivity contribution in [3.8, 4) is 0 Å². The number of hydrogen-bond acceptors (Lipinski definition) is 3. The van der Waals surface area contributed by atoms with E-state index < -0.39 is 0 Å². The van der Waals surface area contributed by atoms with E-state index in [0.717, 1.165) is 44.5 Å². The third-order valence-electron chi connectivity index (χ3n) is 6.24. The standard InChI is InChI=1S/C28H24N2O.Pt/c1-27(2,25-9-5-7-15-29-25)19-11-13-23-21(17-19)22-18-20(12-14-24(22)31-23)28(3,4)26-10-6-8-16-30-26;/h5-16H,1-4H3;/q-2;+2. The molecular weight excluding hydrogens is 575 g/mol. The van der Waals surface area contributed by atoms with E-state index in [1.54, 1.807) is 0 Å². The summed E-state index contributed by atoms with van der Waals surface area (Å²) in [5.41, 5.74) is 5.26. The molecule has 3 aromatic heterocycles. The summed E-state index contributed by atoms with van der Waals surface area (Å²) in [7, 11) is 0. The van der Waals surface area contributed by atoms with Gasteiger partial charge in [-0.25, -0.2) is 0 Å². The van der Waals surface area contributed by atoms with Gasteiger partial charge in [-0.15, -0.1) is 35.4 Å². The van der Waals surface area contributed by atoms with Crippen molar-refractivity contribution in [1.29, 1.82) is 0 Å². The van der Waals surface area contributed by atoms with Crippen LogP contribution in [0.2, 0.25) is 0 Å². The normalized spacial score (nSPS) is 12.1. The first-order valence-corrected chi connectivity index (χ1v) is 10.5. The minimum Gasteiger partial charge on any atom is -0.564 e. The van der Waals surface area contributed by atoms with Gasteiger partial charge < -0.3 is 4.42 Å². The number of furan rings is 1. The fraction of sp³-hybridized carbons (Fsp3) is 0.214. The van der Waals surface area contributed by atoms with E-state index in [9.17, 15) is 0 Å². The Balaban J connectivity index is 0.00000245. The van der Waals surface area contributed by atoms with Crippen LogP contribution in [0.5, 0.6) is 0 Å². The zero-order valence-electron chi connectivity index (χ0n) is 18.5. The van der Waals surface area contributed by atoms with Crippen molar-refractivity contribution in [1.82, 2.24) is 9.97 Å². The second kappa shape index (κ2) is 8.30. The molecule has 0 N–H and O–H groups in total. The van der Waals surface area contributed by atoms with E-state index in [1.165, 1.54) is 0 Å². The molecule has 0 saturated heterocycles. The van der Waals surface area contributed by atoms with E-state index in [2.05, 4.69) is 74.1 Å². The van der Waals surface area contributed by atoms with Crippen molar-refractivity contribution in [2.75, 3.05) is 0 Å². The molecule has 0 aliphatic carbocycles. The summed E-state index contributed by atoms with van der Waals surface area (Å²) in [6.45, 7) is 8.70. The molecule has 0 fully saturated rings. The first-order chi connectivity index (χ1) is 14.9. The van der Waals surface area contributed by atoms with Crippen molar-refractivity contribution in [3.05, 3.63) is 108 Å². The Labute approximate surface area is 203 Å². The van der Waals surface area contributed by atoms with E-state index in [4.69, 9.17) is 4.42 Å². The van der Waals surface area contributed by atoms with Crippen LogP contribution in [0.15, 0.2) is 77.5 Å². The molecule has 0 atom stereocenters. The molecule has 0 radical (unpaired) electrons. The van der Waals surface area contributed by atoms with Crippen LogP contribution < -0.4 is 0 Å². The van der Waals surface area contributed by atoms with Crippen LogP contribution in [0.3, 0.4) is 0 Å². The SMILES string of the molecule is CC(C)(c1[c-]c2c(cc1)oc1ccc(C(C)(C)c3ccccn3)[c-]c12)c1ccccn1.[Pt+2]. The summed E-state index contributed by atoms with van der Waals surface area (Å²) >= 11 is 0. The average molecular weight is 600 g/mol. The largest absolute Gasteiger partial charge is 2.00 e. The van der Waals surface area contributed by atoms with E-state index >= 15 is 0 Å². The minimum atomic E-state index is -0.274. The van der Waals surface area contributed by atoms with Crippen molar-refractivity contribution in [2.45, 2.75) is 38.5 Å². The van der Waals surface area contributed by atoms with Crippen LogP contribution in [0.1, 0.15) is 50.2 Å². The molecule has 4 heteroatoms. The number of pyridine rings is 2. The molecule has 0 amide bonds. The molecule has 0 spiro atoms. The van der Waals surface area contributed by atoms with Gasteiger partial charge in [-0.2, -0.15) is 22.9 Å². The van der Waals surface area contributed by atoms with Crippen LogP contribution in [-0.2, 0) is 31.9 Å². The first kappa shape index (κ1) is 22.4. The van der Waals surface area contributed by atoms with E-state index in [-0.39, 0.29) is 31.9 Å². The van der Waals surface area contributed by atoms with Gasteiger partial charge in [0.15, 0.2) is 0 Å². The summed E-state index contributed by atoms with van der Waals surface area (Å²) in [5, 5.41) is 1.91. The van der Waals surface area contributed by atoms with Crippen molar-refractivity contribution >= 4 is 21.9 Å². The number of benzene rings is 2. The predicted molar refractivity (Wildman–Crippen MR) is 124 cm³/mol. The van der Waals surface area contributed by atoms with E-state index in [0.29, 0.717) is 0 Å². The Kier molecular flexibility index (Phi) is 5.81. The van der Waals surface area contributed by atoms with Gasteiger partial charge in [0.25, 0.3) is 0 Å². The molecule has 5 rings (SSSR count). The van der Waals surface area contributed by atoms with Crippen LogP contribution in [0.25, 0.3) is 21.9 Å². The van der Waals surface area contributed by atoms with Gasteiger partial charge in [0.2, 0.25) is 0 Å². The van der Waals surface area contributed by atoms with Gasteiger partial charge in [-0.3, -0.25) is 9.97 Å². The molecule has 0 aliphatic rings. The Bertz CT molecular complexity index is 1270. The molecule has 0 aliphatic heterocycles. The summed E-state index contributed by atoms with van der Waals surface area (Å²) < 4.78 is 6.11. The molecule has 3 heterocycles. The average Bonchev–Trinajstić information content (AvgIpc) is 3.17. The molecule has 32 heavy (non-hydrogen) atoms. The van der Waals surface area contributed by atoms with Crippen molar-refractivity contribution in [3.63, 3.8) is 0 Å². The zero-order valence-corrected chi connectivity index (χ0v) is 20.8. The fourth-order valence-electron chi connectivity index (χ4n) is 4.09. The molecule has 162 valence electrons. The van der Waals surface area contributed by atoms with Crippen LogP contribution in [0.4, 0.5) is 0 Å². The Morgan fingerprint density at radius 3 is 1.44 bits per heavy atom. The van der Waals surface area contributed by atoms with Crippen LogP contribution in [-0.4, -0.2) is 9.97 Å². The topological polar surface area (TPSA) is 38.9 Å². The number of rotatable bonds is 4. The van der Waals surface area contributed by atoms with Gasteiger partial charge in [0.1, 0.15) is 0 Å². The van der Waals surface area contributed by atoms with Crippen LogP contribution >= 0.6 is 0 Å². The third kappa shape index (κ3) is 3.69. The number of fused-ring (bicyclic) bond motifs is 3. The molecule has 0 unspecified atom stereocenters. The second-order valence-corrected chi connectivity index (χ2v) is 9.00. The monoisotopic (exact) mass is 599 g/mol. The number of aromatic nitrogens is 2. The molecule has 5 aromatic rings. The number of nitrogens with zero attached hydrogens (tertiary/aromatic N) is 2. The fourth-order valence-corrected chi connectivity index (χ4v) is 4.09. The van der Waals surface area contributed by atoms with Gasteiger partial charge in [0, 0.05) is 34.6 Å². The smallest absolute Gasteiger partial charge is 0.564 e. The van der Waals surface area contributed by atoms with Crippen molar-refractivity contribution < 1.29 is 25.5 Å². The molecule has 0 bridgehead atoms. The number of hydrogen-bond donors (Lipinski definition) is 0. The second-order valence-electron chi connectivity index (χ2n) is 9.00. The van der Waals surface area contributed by atoms with Gasteiger partial charge in [0.05, 0.1) is 0 Å². The summed E-state index contributed by atoms with van der Waals surface area (Å²) in [5.74, 6) is 0. The first-order valence-electron chi connectivity index (χ1n) is 10.5. The quantitative estimate of drug-likeness (QED) is 0.218. The maximum atomic E-state index is 6.11. The third-order valence-corrected chi connectivity index (χ3v) is 6.24.